The largest absolute Gasteiger partial charge is 0.288 e. The molecule has 1 aromatic rings. The number of allylic oxidation sites excluding steroid dienone is 4. The van der Waals surface area contributed by atoms with E-state index in [1.165, 1.54) is 12.1 Å². The molecule has 5 aliphatic carbocycles. The second-order valence-electron chi connectivity index (χ2n) is 9.45. The fourth-order valence-electron chi connectivity index (χ4n) is 7.05. The highest BCUT2D eigenvalue weighted by molar-refractivity contribution is 6.67. The summed E-state index contributed by atoms with van der Waals surface area (Å²) in [6.45, 7) is 0. The monoisotopic (exact) mass is 747 g/mol. The number of fused-ring (bicyclic) bond motifs is 14. The van der Waals surface area contributed by atoms with Crippen LogP contribution in [0.2, 0.25) is 5.02 Å². The molecular formula is C20H6Cl13NO2. The molecule has 36 heavy (non-hydrogen) atoms. The van der Waals surface area contributed by atoms with E-state index in [0.717, 1.165) is 0 Å². The summed E-state index contributed by atoms with van der Waals surface area (Å²) in [5.74, 6) is -3.78. The van der Waals surface area contributed by atoms with Crippen molar-refractivity contribution in [1.82, 2.24) is 0 Å². The molecule has 2 fully saturated rings. The first-order valence-corrected chi connectivity index (χ1v) is 14.8. The third-order valence-electron chi connectivity index (χ3n) is 8.39. The van der Waals surface area contributed by atoms with E-state index in [2.05, 4.69) is 0 Å². The average molecular weight is 753 g/mol. The van der Waals surface area contributed by atoms with Gasteiger partial charge in [0.25, 0.3) is 5.69 Å². The van der Waals surface area contributed by atoms with Gasteiger partial charge in [-0.3, -0.25) is 10.1 Å². The van der Waals surface area contributed by atoms with Crippen LogP contribution in [0.1, 0.15) is 23.0 Å². The van der Waals surface area contributed by atoms with Crippen LogP contribution in [0, 0.1) is 22.0 Å². The van der Waals surface area contributed by atoms with E-state index in [1.54, 1.807) is 0 Å². The number of nitro benzene ring substituents is 1. The summed E-state index contributed by atoms with van der Waals surface area (Å²) >= 11 is 89.3. The number of nitrogens with zero attached hydrogens (tertiary/aromatic N) is 1. The van der Waals surface area contributed by atoms with Crippen LogP contribution in [0.25, 0.3) is 0 Å². The quantitative estimate of drug-likeness (QED) is 0.163. The summed E-state index contributed by atoms with van der Waals surface area (Å²) in [5.41, 5.74) is 0.288. The maximum Gasteiger partial charge on any atom is 0.288 e. The molecule has 1 aromatic carbocycles. The molecule has 3 nitrogen and oxygen atoms in total. The van der Waals surface area contributed by atoms with Crippen LogP contribution < -0.4 is 0 Å². The molecule has 0 spiro atoms. The van der Waals surface area contributed by atoms with Crippen LogP contribution in [0.4, 0.5) is 5.69 Å². The predicted octanol–water partition coefficient (Wildman–Crippen LogP) is 10.4. The maximum atomic E-state index is 11.8. The van der Waals surface area contributed by atoms with E-state index < -0.39 is 62.4 Å². The molecule has 8 atom stereocenters. The molecule has 4 bridgehead atoms. The smallest absolute Gasteiger partial charge is 0.258 e. The zero-order valence-electron chi connectivity index (χ0n) is 16.6. The van der Waals surface area contributed by atoms with E-state index in [4.69, 9.17) is 151 Å². The molecule has 0 radical (unpaired) electrons. The van der Waals surface area contributed by atoms with Gasteiger partial charge in [0, 0.05) is 29.7 Å². The number of halogens is 13. The number of hydrogen-bond donors (Lipinski definition) is 0. The molecule has 5 aliphatic rings. The second-order valence-corrected chi connectivity index (χ2v) is 16.4. The Morgan fingerprint density at radius 2 is 0.944 bits per heavy atom. The van der Waals surface area contributed by atoms with Gasteiger partial charge < -0.3 is 0 Å². The van der Waals surface area contributed by atoms with Crippen molar-refractivity contribution in [2.45, 2.75) is 40.0 Å². The van der Waals surface area contributed by atoms with E-state index in [0.29, 0.717) is 11.1 Å². The van der Waals surface area contributed by atoms with Crippen molar-refractivity contribution in [1.29, 1.82) is 0 Å². The molecule has 2 saturated carbocycles. The molecule has 0 amide bonds. The maximum absolute atomic E-state index is 11.8. The summed E-state index contributed by atoms with van der Waals surface area (Å²) in [6.07, 6.45) is 0. The van der Waals surface area contributed by atoms with Crippen molar-refractivity contribution in [3.05, 3.63) is 58.5 Å². The first kappa shape index (κ1) is 28.0. The van der Waals surface area contributed by atoms with Crippen molar-refractivity contribution in [3.8, 4) is 0 Å². The van der Waals surface area contributed by atoms with Gasteiger partial charge in [0.2, 0.25) is 0 Å². The SMILES string of the molecule is O=[N+]([O-])c1cc2c(cc1Cl)[C@@H]1[C@H]([C@@H]3[C@@H]2[C@]2(Cl)C(Cl)=C(Cl)[C@]3(Cl)C2(Cl)Cl)[C@]2(Cl)C(Cl)=C(Cl)[C@]1(Cl)C2(Cl)Cl. The molecule has 0 aromatic heterocycles. The number of rotatable bonds is 1. The summed E-state index contributed by atoms with van der Waals surface area (Å²) in [7, 11) is 0. The van der Waals surface area contributed by atoms with Crippen molar-refractivity contribution in [2.75, 3.05) is 0 Å². The van der Waals surface area contributed by atoms with Crippen LogP contribution in [0.5, 0.6) is 0 Å². The molecular weight excluding hydrogens is 747 g/mol. The standard InChI is InChI=1S/C20H6Cl13NO2/c21-5-1-3-4(2-6(5)34(35)36)8-10(18(29)14(25)12(23)16(8,27)20(18,32)33)9-7(3)15(26)11(22)13(24)17(9,28)19(15,30)31/h1-2,7-10H/t7-,8-,9-,10+,15+,16+,17+,18+/m1/s1. The summed E-state index contributed by atoms with van der Waals surface area (Å²) < 4.78 is -4.02. The lowest BCUT2D eigenvalue weighted by Crippen LogP contribution is -2.53. The molecule has 0 heterocycles. The van der Waals surface area contributed by atoms with Crippen molar-refractivity contribution in [3.63, 3.8) is 0 Å². The van der Waals surface area contributed by atoms with Gasteiger partial charge in [0.15, 0.2) is 8.67 Å². The van der Waals surface area contributed by atoms with E-state index in [9.17, 15) is 10.1 Å². The van der Waals surface area contributed by atoms with E-state index in [1.807, 2.05) is 0 Å². The highest BCUT2D eigenvalue weighted by atomic mass is 35.5. The zero-order valence-corrected chi connectivity index (χ0v) is 26.5. The Hall–Kier alpha value is 1.87. The van der Waals surface area contributed by atoms with Crippen LogP contribution in [0.3, 0.4) is 0 Å². The number of nitro groups is 1. The first-order valence-electron chi connectivity index (χ1n) is 9.93. The molecule has 0 aliphatic heterocycles. The number of alkyl halides is 8. The molecule has 16 heteroatoms. The van der Waals surface area contributed by atoms with Crippen LogP contribution in [0.15, 0.2) is 32.3 Å². The van der Waals surface area contributed by atoms with Gasteiger partial charge >= 0.3 is 0 Å². The number of hydrogen-bond acceptors (Lipinski definition) is 2. The minimum absolute atomic E-state index is 0.0824. The predicted molar refractivity (Wildman–Crippen MR) is 151 cm³/mol. The Morgan fingerprint density at radius 1 is 0.611 bits per heavy atom. The van der Waals surface area contributed by atoms with E-state index in [-0.39, 0.29) is 25.2 Å². The Bertz CT molecular complexity index is 1390. The second kappa shape index (κ2) is 7.63. The molecule has 0 unspecified atom stereocenters. The van der Waals surface area contributed by atoms with Gasteiger partial charge in [-0.2, -0.15) is 0 Å². The average Bonchev–Trinajstić information content (AvgIpc) is 3.12. The minimum Gasteiger partial charge on any atom is -0.258 e. The highest BCUT2D eigenvalue weighted by Gasteiger charge is 2.91. The van der Waals surface area contributed by atoms with Crippen molar-refractivity contribution < 1.29 is 4.92 Å². The van der Waals surface area contributed by atoms with Gasteiger partial charge in [-0.15, -0.1) is 46.4 Å². The molecule has 0 N–H and O–H groups in total. The van der Waals surface area contributed by atoms with Crippen LogP contribution in [-0.4, -0.2) is 33.1 Å². The summed E-state index contributed by atoms with van der Waals surface area (Å²) in [5, 5.41) is 11.3. The zero-order chi connectivity index (χ0) is 26.9. The molecule has 6 rings (SSSR count). The van der Waals surface area contributed by atoms with Crippen molar-refractivity contribution in [2.24, 2.45) is 11.8 Å². The van der Waals surface area contributed by atoms with Crippen molar-refractivity contribution >= 4 is 156 Å². The lowest BCUT2D eigenvalue weighted by Gasteiger charge is -2.52. The molecule has 194 valence electrons. The van der Waals surface area contributed by atoms with Gasteiger partial charge in [-0.05, 0) is 17.2 Å². The van der Waals surface area contributed by atoms with Gasteiger partial charge in [0.1, 0.15) is 24.5 Å². The Labute approximate surface area is 269 Å². The Morgan fingerprint density at radius 3 is 1.31 bits per heavy atom. The summed E-state index contributed by atoms with van der Waals surface area (Å²) in [6, 6.07) is 2.64. The van der Waals surface area contributed by atoms with Gasteiger partial charge in [-0.1, -0.05) is 104 Å². The van der Waals surface area contributed by atoms with E-state index >= 15 is 0 Å². The first-order chi connectivity index (χ1) is 16.3. The highest BCUT2D eigenvalue weighted by Crippen LogP contribution is 2.88. The fourth-order valence-corrected chi connectivity index (χ4v) is 13.3. The van der Waals surface area contributed by atoms with Crippen LogP contribution >= 0.6 is 151 Å². The lowest BCUT2D eigenvalue weighted by molar-refractivity contribution is -0.384. The fraction of sp³-hybridized carbons (Fsp3) is 0.500. The third-order valence-corrected chi connectivity index (χ3v) is 17.2. The Kier molecular flexibility index (Phi) is 5.93. The third kappa shape index (κ3) is 2.43. The Balaban J connectivity index is 1.80. The normalized spacial score (nSPS) is 46.8. The summed E-state index contributed by atoms with van der Waals surface area (Å²) in [4.78, 5) is 3.89. The number of benzene rings is 1. The topological polar surface area (TPSA) is 43.1 Å². The van der Waals surface area contributed by atoms with Gasteiger partial charge in [-0.25, -0.2) is 0 Å². The lowest BCUT2D eigenvalue weighted by atomic mass is 9.57. The minimum atomic E-state index is -2.02. The molecule has 0 saturated heterocycles. The van der Waals surface area contributed by atoms with Crippen LogP contribution in [-0.2, 0) is 0 Å². The van der Waals surface area contributed by atoms with Gasteiger partial charge in [0.05, 0.1) is 25.1 Å².